The normalized spacial score (nSPS) is 12.1. The minimum atomic E-state index is -0.621. The molecule has 124 valence electrons. The lowest BCUT2D eigenvalue weighted by Gasteiger charge is -2.12. The molecule has 2 heterocycles. The average molecular weight is 326 g/mol. The maximum Gasteiger partial charge on any atom is 0.268 e. The number of benzene rings is 1. The van der Waals surface area contributed by atoms with Gasteiger partial charge in [0.1, 0.15) is 17.3 Å². The first-order chi connectivity index (χ1) is 11.6. The summed E-state index contributed by atoms with van der Waals surface area (Å²) in [7, 11) is 0. The second-order valence-electron chi connectivity index (χ2n) is 5.28. The van der Waals surface area contributed by atoms with Gasteiger partial charge in [0.15, 0.2) is 11.3 Å². The standard InChI is InChI=1S/C17H18N4O3/c1-3-23-13-6-4-5-11-7-14(24-16(11)13)10(2)20-15-9-19-8-12(21-15)17(18)22/h4-10H,3H2,1-2H3,(H2,18,22)(H,20,21). The fourth-order valence-electron chi connectivity index (χ4n) is 2.39. The monoisotopic (exact) mass is 326 g/mol. The van der Waals surface area contributed by atoms with Crippen molar-refractivity contribution in [3.05, 3.63) is 48.1 Å². The topological polar surface area (TPSA) is 103 Å². The minimum Gasteiger partial charge on any atom is -0.490 e. The summed E-state index contributed by atoms with van der Waals surface area (Å²) in [6.45, 7) is 4.42. The van der Waals surface area contributed by atoms with E-state index in [1.807, 2.05) is 38.1 Å². The zero-order chi connectivity index (χ0) is 17.1. The third kappa shape index (κ3) is 3.15. The predicted octanol–water partition coefficient (Wildman–Crippen LogP) is 2.89. The molecule has 3 rings (SSSR count). The first-order valence-electron chi connectivity index (χ1n) is 7.62. The summed E-state index contributed by atoms with van der Waals surface area (Å²) in [5.41, 5.74) is 6.03. The Kier molecular flexibility index (Phi) is 4.33. The number of ether oxygens (including phenoxy) is 1. The van der Waals surface area contributed by atoms with Gasteiger partial charge in [-0.05, 0) is 26.0 Å². The smallest absolute Gasteiger partial charge is 0.268 e. The van der Waals surface area contributed by atoms with Crippen LogP contribution in [0.3, 0.4) is 0 Å². The summed E-state index contributed by atoms with van der Waals surface area (Å²) in [5, 5.41) is 4.11. The number of primary amides is 1. The van der Waals surface area contributed by atoms with Gasteiger partial charge in [0.2, 0.25) is 0 Å². The molecular formula is C17H18N4O3. The maximum atomic E-state index is 11.2. The molecule has 1 unspecified atom stereocenters. The molecule has 2 aromatic heterocycles. The molecule has 0 saturated heterocycles. The highest BCUT2D eigenvalue weighted by molar-refractivity contribution is 5.90. The molecule has 0 saturated carbocycles. The molecule has 0 spiro atoms. The number of furan rings is 1. The second-order valence-corrected chi connectivity index (χ2v) is 5.28. The van der Waals surface area contributed by atoms with E-state index in [2.05, 4.69) is 15.3 Å². The quantitative estimate of drug-likeness (QED) is 0.722. The van der Waals surface area contributed by atoms with E-state index in [4.69, 9.17) is 14.9 Å². The number of para-hydroxylation sites is 1. The number of carbonyl (C=O) groups is 1. The molecule has 7 heteroatoms. The molecule has 0 aliphatic carbocycles. The summed E-state index contributed by atoms with van der Waals surface area (Å²) < 4.78 is 11.5. The predicted molar refractivity (Wildman–Crippen MR) is 90.0 cm³/mol. The Labute approximate surface area is 138 Å². The van der Waals surface area contributed by atoms with Crippen LogP contribution in [0, 0.1) is 0 Å². The molecule has 1 amide bonds. The molecule has 24 heavy (non-hydrogen) atoms. The van der Waals surface area contributed by atoms with Gasteiger partial charge in [0.05, 0.1) is 25.0 Å². The SMILES string of the molecule is CCOc1cccc2cc(C(C)Nc3cncc(C(N)=O)n3)oc12. The summed E-state index contributed by atoms with van der Waals surface area (Å²) in [6, 6.07) is 7.53. The summed E-state index contributed by atoms with van der Waals surface area (Å²) >= 11 is 0. The van der Waals surface area contributed by atoms with Crippen LogP contribution in [0.15, 0.2) is 41.1 Å². The minimum absolute atomic E-state index is 0.107. The van der Waals surface area contributed by atoms with E-state index in [1.165, 1.54) is 12.4 Å². The molecule has 3 aromatic rings. The van der Waals surface area contributed by atoms with Gasteiger partial charge in [0.25, 0.3) is 5.91 Å². The van der Waals surface area contributed by atoms with Gasteiger partial charge < -0.3 is 20.2 Å². The molecule has 1 atom stereocenters. The van der Waals surface area contributed by atoms with E-state index in [0.717, 1.165) is 11.1 Å². The number of hydrogen-bond donors (Lipinski definition) is 2. The number of fused-ring (bicyclic) bond motifs is 1. The van der Waals surface area contributed by atoms with Crippen LogP contribution in [0.25, 0.3) is 11.0 Å². The molecule has 0 radical (unpaired) electrons. The van der Waals surface area contributed by atoms with Gasteiger partial charge in [0, 0.05) is 5.39 Å². The summed E-state index contributed by atoms with van der Waals surface area (Å²) in [4.78, 5) is 19.3. The second kappa shape index (κ2) is 6.57. The van der Waals surface area contributed by atoms with Crippen molar-refractivity contribution >= 4 is 22.7 Å². The fourth-order valence-corrected chi connectivity index (χ4v) is 2.39. The van der Waals surface area contributed by atoms with Crippen molar-refractivity contribution in [1.82, 2.24) is 9.97 Å². The highest BCUT2D eigenvalue weighted by Gasteiger charge is 2.15. The molecule has 7 nitrogen and oxygen atoms in total. The molecule has 0 fully saturated rings. The molecule has 3 N–H and O–H groups in total. The largest absolute Gasteiger partial charge is 0.490 e. The first kappa shape index (κ1) is 15.8. The Bertz CT molecular complexity index is 875. The van der Waals surface area contributed by atoms with Crippen LogP contribution in [0.2, 0.25) is 0 Å². The van der Waals surface area contributed by atoms with Crippen LogP contribution in [-0.4, -0.2) is 22.5 Å². The van der Waals surface area contributed by atoms with Gasteiger partial charge in [-0.3, -0.25) is 9.78 Å². The van der Waals surface area contributed by atoms with Gasteiger partial charge in [-0.15, -0.1) is 0 Å². The van der Waals surface area contributed by atoms with Gasteiger partial charge in [-0.1, -0.05) is 12.1 Å². The number of hydrogen-bond acceptors (Lipinski definition) is 6. The van der Waals surface area contributed by atoms with E-state index in [9.17, 15) is 4.79 Å². The van der Waals surface area contributed by atoms with Crippen LogP contribution in [-0.2, 0) is 0 Å². The highest BCUT2D eigenvalue weighted by Crippen LogP contribution is 2.31. The number of nitrogens with one attached hydrogen (secondary N) is 1. The fraction of sp³-hybridized carbons (Fsp3) is 0.235. The number of aromatic nitrogens is 2. The van der Waals surface area contributed by atoms with Crippen LogP contribution in [0.5, 0.6) is 5.75 Å². The zero-order valence-corrected chi connectivity index (χ0v) is 13.4. The average Bonchev–Trinajstić information content (AvgIpc) is 3.01. The van der Waals surface area contributed by atoms with Crippen molar-refractivity contribution in [2.75, 3.05) is 11.9 Å². The van der Waals surface area contributed by atoms with Crippen molar-refractivity contribution in [3.8, 4) is 5.75 Å². The Hall–Kier alpha value is -3.09. The Morgan fingerprint density at radius 3 is 3.00 bits per heavy atom. The van der Waals surface area contributed by atoms with E-state index in [1.54, 1.807) is 0 Å². The molecule has 0 aliphatic heterocycles. The number of anilines is 1. The number of carbonyl (C=O) groups excluding carboxylic acids is 1. The lowest BCUT2D eigenvalue weighted by molar-refractivity contribution is 0.0995. The van der Waals surface area contributed by atoms with Crippen molar-refractivity contribution in [2.24, 2.45) is 5.73 Å². The van der Waals surface area contributed by atoms with Gasteiger partial charge >= 0.3 is 0 Å². The lowest BCUT2D eigenvalue weighted by atomic mass is 10.2. The molecule has 1 aromatic carbocycles. The van der Waals surface area contributed by atoms with E-state index >= 15 is 0 Å². The number of nitrogens with zero attached hydrogens (tertiary/aromatic N) is 2. The van der Waals surface area contributed by atoms with Crippen LogP contribution in [0.1, 0.15) is 36.1 Å². The Morgan fingerprint density at radius 1 is 1.42 bits per heavy atom. The van der Waals surface area contributed by atoms with Crippen molar-refractivity contribution in [1.29, 1.82) is 0 Å². The third-order valence-electron chi connectivity index (χ3n) is 3.51. The number of rotatable bonds is 6. The highest BCUT2D eigenvalue weighted by atomic mass is 16.5. The molecule has 0 aliphatic rings. The van der Waals surface area contributed by atoms with Crippen molar-refractivity contribution < 1.29 is 13.9 Å². The Morgan fingerprint density at radius 2 is 2.25 bits per heavy atom. The number of amides is 1. The molecular weight excluding hydrogens is 308 g/mol. The van der Waals surface area contributed by atoms with Gasteiger partial charge in [-0.2, -0.15) is 0 Å². The Balaban J connectivity index is 1.86. The maximum absolute atomic E-state index is 11.2. The summed E-state index contributed by atoms with van der Waals surface area (Å²) in [6.07, 6.45) is 2.85. The van der Waals surface area contributed by atoms with E-state index in [0.29, 0.717) is 23.8 Å². The van der Waals surface area contributed by atoms with E-state index < -0.39 is 5.91 Å². The van der Waals surface area contributed by atoms with Crippen LogP contribution in [0.4, 0.5) is 5.82 Å². The van der Waals surface area contributed by atoms with Crippen molar-refractivity contribution in [2.45, 2.75) is 19.9 Å². The van der Waals surface area contributed by atoms with E-state index in [-0.39, 0.29) is 11.7 Å². The first-order valence-corrected chi connectivity index (χ1v) is 7.62. The number of nitrogens with two attached hydrogens (primary N) is 1. The van der Waals surface area contributed by atoms with Crippen molar-refractivity contribution in [3.63, 3.8) is 0 Å². The molecule has 0 bridgehead atoms. The summed E-state index contributed by atoms with van der Waals surface area (Å²) in [5.74, 6) is 1.26. The van der Waals surface area contributed by atoms with Gasteiger partial charge in [-0.25, -0.2) is 4.98 Å². The van der Waals surface area contributed by atoms with Crippen LogP contribution < -0.4 is 15.8 Å². The van der Waals surface area contributed by atoms with Crippen LogP contribution >= 0.6 is 0 Å². The third-order valence-corrected chi connectivity index (χ3v) is 3.51. The zero-order valence-electron chi connectivity index (χ0n) is 13.4. The lowest BCUT2D eigenvalue weighted by Crippen LogP contribution is -2.15.